The number of quaternary nitrogens is 1. The van der Waals surface area contributed by atoms with Gasteiger partial charge in [-0.3, -0.25) is 9.13 Å². The molecule has 1 aliphatic heterocycles. The zero-order valence-electron chi connectivity index (χ0n) is 13.3. The minimum atomic E-state index is -3.89. The van der Waals surface area contributed by atoms with Gasteiger partial charge in [0.2, 0.25) is 0 Å². The second-order valence-electron chi connectivity index (χ2n) is 6.44. The van der Waals surface area contributed by atoms with Gasteiger partial charge in [0.05, 0.1) is 32.3 Å². The summed E-state index contributed by atoms with van der Waals surface area (Å²) in [5, 5.41) is 0. The molecule has 0 spiro atoms. The van der Waals surface area contributed by atoms with E-state index in [-0.39, 0.29) is 14.6 Å². The van der Waals surface area contributed by atoms with Crippen molar-refractivity contribution in [2.24, 2.45) is 11.8 Å². The van der Waals surface area contributed by atoms with Gasteiger partial charge in [0.25, 0.3) is 0 Å². The molecule has 2 atom stereocenters. The molecule has 7 heteroatoms. The number of nitrogens with zero attached hydrogens (tertiary/aromatic N) is 1. The van der Waals surface area contributed by atoms with Crippen LogP contribution >= 0.6 is 16.1 Å². The molecular formula is C14H30NO4P2+. The van der Waals surface area contributed by atoms with Crippen LogP contribution in [0.25, 0.3) is 0 Å². The highest BCUT2D eigenvalue weighted by Gasteiger charge is 2.42. The molecule has 2 N–H and O–H groups in total. The third-order valence-electron chi connectivity index (χ3n) is 4.92. The summed E-state index contributed by atoms with van der Waals surface area (Å²) in [6.07, 6.45) is 4.53. The molecule has 0 radical (unpaired) electrons. The molecule has 0 bridgehead atoms. The molecule has 0 amide bonds. The Kier molecular flexibility index (Phi) is 8.02. The van der Waals surface area contributed by atoms with Gasteiger partial charge in [-0.2, -0.15) is 0 Å². The van der Waals surface area contributed by atoms with Crippen molar-refractivity contribution in [3.8, 4) is 0 Å². The van der Waals surface area contributed by atoms with Crippen molar-refractivity contribution >= 4 is 16.1 Å². The van der Waals surface area contributed by atoms with Gasteiger partial charge in [0.15, 0.2) is 8.46 Å². The number of hydrogen-bond donors (Lipinski definition) is 2. The van der Waals surface area contributed by atoms with Gasteiger partial charge in [-0.1, -0.05) is 13.8 Å². The summed E-state index contributed by atoms with van der Waals surface area (Å²) in [5.74, 6) is 1.43. The Morgan fingerprint density at radius 2 is 1.62 bits per heavy atom. The zero-order valence-corrected chi connectivity index (χ0v) is 15.1. The molecule has 21 heavy (non-hydrogen) atoms. The van der Waals surface area contributed by atoms with Crippen LogP contribution in [-0.2, 0) is 9.13 Å². The monoisotopic (exact) mass is 338 g/mol. The van der Waals surface area contributed by atoms with E-state index in [0.29, 0.717) is 12.6 Å². The van der Waals surface area contributed by atoms with Crippen LogP contribution in [0.5, 0.6) is 0 Å². The Bertz CT molecular complexity index is 360. The first-order valence-electron chi connectivity index (χ1n) is 8.04. The lowest BCUT2D eigenvalue weighted by atomic mass is 9.92. The molecule has 0 aromatic heterocycles. The number of rotatable bonds is 10. The highest BCUT2D eigenvalue weighted by molar-refractivity contribution is 7.51. The van der Waals surface area contributed by atoms with E-state index in [9.17, 15) is 9.13 Å². The van der Waals surface area contributed by atoms with E-state index in [1.807, 2.05) is 0 Å². The van der Waals surface area contributed by atoms with Gasteiger partial charge in [-0.15, -0.1) is 0 Å². The molecular weight excluding hydrogens is 308 g/mol. The summed E-state index contributed by atoms with van der Waals surface area (Å²) < 4.78 is 22.7. The largest absolute Gasteiger partial charge is 0.325 e. The van der Waals surface area contributed by atoms with Crippen molar-refractivity contribution < 1.29 is 23.4 Å². The van der Waals surface area contributed by atoms with Crippen molar-refractivity contribution in [2.75, 3.05) is 38.5 Å². The van der Waals surface area contributed by atoms with E-state index in [0.717, 1.165) is 48.9 Å². The lowest BCUT2D eigenvalue weighted by molar-refractivity contribution is -0.919. The van der Waals surface area contributed by atoms with Crippen LogP contribution in [-0.4, -0.2) is 52.8 Å². The van der Waals surface area contributed by atoms with Gasteiger partial charge in [-0.25, -0.2) is 0 Å². The molecule has 1 heterocycles. The normalized spacial score (nSPS) is 30.1. The van der Waals surface area contributed by atoms with Crippen LogP contribution in [0.1, 0.15) is 39.5 Å². The van der Waals surface area contributed by atoms with Gasteiger partial charge >= 0.3 is 7.60 Å². The van der Waals surface area contributed by atoms with Crippen molar-refractivity contribution in [3.63, 3.8) is 0 Å². The van der Waals surface area contributed by atoms with E-state index in [4.69, 9.17) is 9.79 Å². The topological polar surface area (TPSA) is 74.6 Å². The van der Waals surface area contributed by atoms with Crippen molar-refractivity contribution in [3.05, 3.63) is 0 Å². The fraction of sp³-hybridized carbons (Fsp3) is 1.00. The summed E-state index contributed by atoms with van der Waals surface area (Å²) in [7, 11) is -3.69. The molecule has 1 aliphatic rings. The minimum absolute atomic E-state index is 0.0135. The van der Waals surface area contributed by atoms with Crippen LogP contribution in [0.2, 0.25) is 0 Å². The van der Waals surface area contributed by atoms with E-state index in [1.54, 1.807) is 0 Å². The second-order valence-corrected chi connectivity index (χ2v) is 8.92. The third-order valence-corrected chi connectivity index (χ3v) is 6.32. The Labute approximate surface area is 130 Å². The highest BCUT2D eigenvalue weighted by Crippen LogP contribution is 2.38. The summed E-state index contributed by atoms with van der Waals surface area (Å²) in [5.41, 5.74) is 0. The van der Waals surface area contributed by atoms with Gasteiger partial charge in [0, 0.05) is 30.8 Å². The maximum absolute atomic E-state index is 11.1. The van der Waals surface area contributed by atoms with Crippen LogP contribution in [0.3, 0.4) is 0 Å². The van der Waals surface area contributed by atoms with Crippen LogP contribution in [0, 0.1) is 11.8 Å². The number of likely N-dealkylation sites (tertiary alicyclic amines) is 1. The zero-order chi connectivity index (χ0) is 15.9. The molecule has 1 saturated heterocycles. The van der Waals surface area contributed by atoms with Crippen molar-refractivity contribution in [2.45, 2.75) is 39.5 Å². The van der Waals surface area contributed by atoms with E-state index in [1.165, 1.54) is 12.8 Å². The predicted molar refractivity (Wildman–Crippen MR) is 85.9 cm³/mol. The first-order valence-corrected chi connectivity index (χ1v) is 10.8. The first-order chi connectivity index (χ1) is 9.86. The summed E-state index contributed by atoms with van der Waals surface area (Å²) in [6.45, 7) is 8.54. The maximum Gasteiger partial charge on any atom is 0.325 e. The van der Waals surface area contributed by atoms with Gasteiger partial charge in [-0.05, 0) is 12.8 Å². The van der Waals surface area contributed by atoms with Crippen LogP contribution in [0.15, 0.2) is 0 Å². The second kappa shape index (κ2) is 8.74. The van der Waals surface area contributed by atoms with Crippen LogP contribution in [0.4, 0.5) is 0 Å². The van der Waals surface area contributed by atoms with E-state index in [2.05, 4.69) is 13.8 Å². The maximum atomic E-state index is 11.1. The third kappa shape index (κ3) is 6.46. The van der Waals surface area contributed by atoms with E-state index < -0.39 is 7.60 Å². The first kappa shape index (κ1) is 19.3. The molecule has 0 aromatic rings. The molecule has 5 nitrogen and oxygen atoms in total. The van der Waals surface area contributed by atoms with Crippen molar-refractivity contribution in [1.29, 1.82) is 0 Å². The summed E-state index contributed by atoms with van der Waals surface area (Å²) in [6, 6.07) is 0. The Hall–Kier alpha value is 0.210. The molecule has 124 valence electrons. The smallest absolute Gasteiger partial charge is 0.324 e. The lowest BCUT2D eigenvalue weighted by Crippen LogP contribution is -2.48. The Morgan fingerprint density at radius 1 is 1.10 bits per heavy atom. The SMILES string of the molecule is CCC1C[N+](CCCP=O)(CCCP(=O)(O)O)CC1CC. The fourth-order valence-electron chi connectivity index (χ4n) is 3.85. The van der Waals surface area contributed by atoms with Gasteiger partial charge in [0.1, 0.15) is 0 Å². The lowest BCUT2D eigenvalue weighted by Gasteiger charge is -2.35. The molecule has 2 unspecified atom stereocenters. The summed E-state index contributed by atoms with van der Waals surface area (Å²) >= 11 is 0. The van der Waals surface area contributed by atoms with Crippen LogP contribution < -0.4 is 0 Å². The van der Waals surface area contributed by atoms with E-state index >= 15 is 0 Å². The molecule has 0 saturated carbocycles. The minimum Gasteiger partial charge on any atom is -0.324 e. The quantitative estimate of drug-likeness (QED) is 0.365. The summed E-state index contributed by atoms with van der Waals surface area (Å²) in [4.78, 5) is 18.1. The molecule has 1 rings (SSSR count). The fourth-order valence-corrected chi connectivity index (χ4v) is 4.68. The molecule has 1 fully saturated rings. The average Bonchev–Trinajstić information content (AvgIpc) is 2.76. The highest BCUT2D eigenvalue weighted by atomic mass is 31.2. The Balaban J connectivity index is 2.67. The molecule has 0 aromatic carbocycles. The van der Waals surface area contributed by atoms with Crippen molar-refractivity contribution in [1.82, 2.24) is 0 Å². The average molecular weight is 338 g/mol. The Morgan fingerprint density at radius 3 is 2.05 bits per heavy atom. The number of hydrogen-bond acceptors (Lipinski definition) is 2. The predicted octanol–water partition coefficient (Wildman–Crippen LogP) is 3.12. The standard InChI is InChI=1S/C14H29NO4P2/c1-3-13-11-15(7-5-9-20-16,12-14(13)4-2)8-6-10-21(17,18)19/h13-14H,3-12H2,1-2H3,(H-,17,18,19)/p+1. The molecule has 0 aliphatic carbocycles. The van der Waals surface area contributed by atoms with Gasteiger partial charge < -0.3 is 14.3 Å².